The molecule has 2 aromatic rings. The van der Waals surface area contributed by atoms with E-state index in [1.165, 1.54) is 18.2 Å². The van der Waals surface area contributed by atoms with E-state index in [9.17, 15) is 8.78 Å². The molecule has 2 nitrogen and oxygen atoms in total. The predicted octanol–water partition coefficient (Wildman–Crippen LogP) is 2.92. The molecule has 112 valence electrons. The molecular formula is C17H20F2N2. The van der Waals surface area contributed by atoms with Crippen LogP contribution in [0, 0.1) is 11.6 Å². The molecule has 21 heavy (non-hydrogen) atoms. The van der Waals surface area contributed by atoms with Crippen molar-refractivity contribution in [3.05, 3.63) is 71.3 Å². The third kappa shape index (κ3) is 3.86. The highest BCUT2D eigenvalue weighted by atomic mass is 19.1. The van der Waals surface area contributed by atoms with E-state index in [-0.39, 0.29) is 11.6 Å². The van der Waals surface area contributed by atoms with Crippen LogP contribution in [0.5, 0.6) is 0 Å². The smallest absolute Gasteiger partial charge is 0.126 e. The van der Waals surface area contributed by atoms with Gasteiger partial charge in [-0.1, -0.05) is 30.3 Å². The molecule has 0 bridgehead atoms. The maximum absolute atomic E-state index is 13.9. The molecule has 0 saturated heterocycles. The minimum Gasteiger partial charge on any atom is -0.320 e. The molecule has 0 amide bonds. The molecule has 1 unspecified atom stereocenters. The number of likely N-dealkylation sites (N-methyl/N-ethyl adjacent to an activating group) is 1. The van der Waals surface area contributed by atoms with Gasteiger partial charge in [-0.3, -0.25) is 0 Å². The summed E-state index contributed by atoms with van der Waals surface area (Å²) in [5, 5.41) is 0. The maximum Gasteiger partial charge on any atom is 0.126 e. The van der Waals surface area contributed by atoms with Crippen LogP contribution in [0.4, 0.5) is 8.78 Å². The number of halogens is 2. The van der Waals surface area contributed by atoms with Gasteiger partial charge in [-0.25, -0.2) is 8.78 Å². The van der Waals surface area contributed by atoms with E-state index in [0.717, 1.165) is 5.56 Å². The van der Waals surface area contributed by atoms with Gasteiger partial charge in [-0.05, 0) is 49.8 Å². The number of hydrogen-bond donors (Lipinski definition) is 1. The first-order valence-corrected chi connectivity index (χ1v) is 6.84. The molecule has 2 rings (SSSR count). The fraction of sp³-hybridized carbons (Fsp3) is 0.294. The molecule has 2 N–H and O–H groups in total. The summed E-state index contributed by atoms with van der Waals surface area (Å²) in [4.78, 5) is 1.95. The van der Waals surface area contributed by atoms with Gasteiger partial charge in [0, 0.05) is 6.54 Å². The summed E-state index contributed by atoms with van der Waals surface area (Å²) < 4.78 is 27.0. The molecule has 0 saturated carbocycles. The van der Waals surface area contributed by atoms with Gasteiger partial charge >= 0.3 is 0 Å². The quantitative estimate of drug-likeness (QED) is 0.917. The van der Waals surface area contributed by atoms with Crippen molar-refractivity contribution in [2.45, 2.75) is 12.0 Å². The third-order valence-electron chi connectivity index (χ3n) is 3.48. The van der Waals surface area contributed by atoms with Crippen molar-refractivity contribution in [2.75, 3.05) is 20.6 Å². The Hall–Kier alpha value is -1.78. The van der Waals surface area contributed by atoms with Crippen LogP contribution in [0.15, 0.2) is 48.5 Å². The number of hydrogen-bond acceptors (Lipinski definition) is 2. The second kappa shape index (κ2) is 6.33. The second-order valence-corrected chi connectivity index (χ2v) is 5.67. The first kappa shape index (κ1) is 15.6. The average Bonchev–Trinajstić information content (AvgIpc) is 2.41. The van der Waals surface area contributed by atoms with Crippen LogP contribution in [0.1, 0.15) is 11.1 Å². The lowest BCUT2D eigenvalue weighted by Crippen LogP contribution is -2.47. The Balaban J connectivity index is 2.37. The molecule has 0 aromatic heterocycles. The van der Waals surface area contributed by atoms with Gasteiger partial charge in [-0.15, -0.1) is 0 Å². The second-order valence-electron chi connectivity index (χ2n) is 5.67. The van der Waals surface area contributed by atoms with E-state index in [2.05, 4.69) is 0 Å². The van der Waals surface area contributed by atoms with Crippen molar-refractivity contribution in [1.29, 1.82) is 0 Å². The summed E-state index contributed by atoms with van der Waals surface area (Å²) in [5.41, 5.74) is 7.12. The standard InChI is InChI=1S/C17H20F2N2/c1-21(2)12-17(20,14-7-9-15(18)10-8-14)11-13-5-3-4-6-16(13)19/h3-10H,11-12,20H2,1-2H3. The van der Waals surface area contributed by atoms with Crippen molar-refractivity contribution in [2.24, 2.45) is 5.73 Å². The van der Waals surface area contributed by atoms with Crippen molar-refractivity contribution in [3.63, 3.8) is 0 Å². The van der Waals surface area contributed by atoms with Crippen LogP contribution in [0.3, 0.4) is 0 Å². The minimum atomic E-state index is -0.778. The highest BCUT2D eigenvalue weighted by molar-refractivity contribution is 5.30. The molecule has 0 aliphatic rings. The zero-order valence-electron chi connectivity index (χ0n) is 12.3. The largest absolute Gasteiger partial charge is 0.320 e. The Morgan fingerprint density at radius 1 is 1.00 bits per heavy atom. The van der Waals surface area contributed by atoms with Gasteiger partial charge in [0.25, 0.3) is 0 Å². The summed E-state index contributed by atoms with van der Waals surface area (Å²) in [6.45, 7) is 0.535. The Morgan fingerprint density at radius 3 is 2.19 bits per heavy atom. The van der Waals surface area contributed by atoms with Gasteiger partial charge in [0.05, 0.1) is 5.54 Å². The van der Waals surface area contributed by atoms with Crippen molar-refractivity contribution >= 4 is 0 Å². The molecule has 0 aliphatic carbocycles. The molecule has 0 heterocycles. The molecule has 0 aliphatic heterocycles. The lowest BCUT2D eigenvalue weighted by atomic mass is 9.84. The van der Waals surface area contributed by atoms with Crippen LogP contribution in [0.2, 0.25) is 0 Å². The lowest BCUT2D eigenvalue weighted by molar-refractivity contribution is 0.281. The number of nitrogens with zero attached hydrogens (tertiary/aromatic N) is 1. The topological polar surface area (TPSA) is 29.3 Å². The molecule has 0 radical (unpaired) electrons. The van der Waals surface area contributed by atoms with E-state index in [1.54, 1.807) is 30.3 Å². The van der Waals surface area contributed by atoms with Gasteiger partial charge < -0.3 is 10.6 Å². The first-order chi connectivity index (χ1) is 9.90. The molecule has 0 fully saturated rings. The van der Waals surface area contributed by atoms with Gasteiger partial charge in [0.1, 0.15) is 11.6 Å². The van der Waals surface area contributed by atoms with E-state index < -0.39 is 5.54 Å². The Bertz CT molecular complexity index is 596. The summed E-state index contributed by atoms with van der Waals surface area (Å²) >= 11 is 0. The Labute approximate surface area is 124 Å². The monoisotopic (exact) mass is 290 g/mol. The van der Waals surface area contributed by atoms with Crippen molar-refractivity contribution < 1.29 is 8.78 Å². The van der Waals surface area contributed by atoms with Crippen LogP contribution in [-0.4, -0.2) is 25.5 Å². The van der Waals surface area contributed by atoms with Crippen LogP contribution >= 0.6 is 0 Å². The van der Waals surface area contributed by atoms with E-state index in [1.807, 2.05) is 19.0 Å². The van der Waals surface area contributed by atoms with E-state index >= 15 is 0 Å². The Kier molecular flexibility index (Phi) is 4.70. The number of benzene rings is 2. The van der Waals surface area contributed by atoms with Gasteiger partial charge in [0.2, 0.25) is 0 Å². The molecule has 2 aromatic carbocycles. The lowest BCUT2D eigenvalue weighted by Gasteiger charge is -2.33. The number of nitrogens with two attached hydrogens (primary N) is 1. The average molecular weight is 290 g/mol. The van der Waals surface area contributed by atoms with Crippen LogP contribution in [0.25, 0.3) is 0 Å². The Morgan fingerprint density at radius 2 is 1.62 bits per heavy atom. The first-order valence-electron chi connectivity index (χ1n) is 6.84. The summed E-state index contributed by atoms with van der Waals surface area (Å²) in [6, 6.07) is 12.7. The summed E-state index contributed by atoms with van der Waals surface area (Å²) in [5.74, 6) is -0.579. The molecule has 1 atom stereocenters. The van der Waals surface area contributed by atoms with Crippen molar-refractivity contribution in [1.82, 2.24) is 4.90 Å². The van der Waals surface area contributed by atoms with Crippen molar-refractivity contribution in [3.8, 4) is 0 Å². The summed E-state index contributed by atoms with van der Waals surface area (Å²) in [6.07, 6.45) is 0.351. The molecular weight excluding hydrogens is 270 g/mol. The van der Waals surface area contributed by atoms with Crippen LogP contribution < -0.4 is 5.73 Å². The van der Waals surface area contributed by atoms with Crippen LogP contribution in [-0.2, 0) is 12.0 Å². The van der Waals surface area contributed by atoms with E-state index in [0.29, 0.717) is 18.5 Å². The normalized spacial score (nSPS) is 14.2. The molecule has 4 heteroatoms. The highest BCUT2D eigenvalue weighted by Crippen LogP contribution is 2.25. The maximum atomic E-state index is 13.9. The zero-order valence-corrected chi connectivity index (χ0v) is 12.3. The fourth-order valence-corrected chi connectivity index (χ4v) is 2.58. The zero-order chi connectivity index (χ0) is 15.5. The fourth-order valence-electron chi connectivity index (χ4n) is 2.58. The predicted molar refractivity (Wildman–Crippen MR) is 80.9 cm³/mol. The van der Waals surface area contributed by atoms with Gasteiger partial charge in [-0.2, -0.15) is 0 Å². The number of rotatable bonds is 5. The van der Waals surface area contributed by atoms with E-state index in [4.69, 9.17) is 5.73 Å². The SMILES string of the molecule is CN(C)CC(N)(Cc1ccccc1F)c1ccc(F)cc1. The highest BCUT2D eigenvalue weighted by Gasteiger charge is 2.29. The summed E-state index contributed by atoms with van der Waals surface area (Å²) in [7, 11) is 3.82. The molecule has 0 spiro atoms. The van der Waals surface area contributed by atoms with Gasteiger partial charge in [0.15, 0.2) is 0 Å². The minimum absolute atomic E-state index is 0.270. The third-order valence-corrected chi connectivity index (χ3v) is 3.48.